The zero-order valence-electron chi connectivity index (χ0n) is 8.29. The molecule has 2 aromatic rings. The van der Waals surface area contributed by atoms with Crippen LogP contribution in [0, 0.1) is 5.82 Å². The van der Waals surface area contributed by atoms with Gasteiger partial charge in [-0.25, -0.2) is 9.37 Å². The Bertz CT molecular complexity index is 610. The highest BCUT2D eigenvalue weighted by molar-refractivity contribution is 9.10. The molecule has 1 aromatic heterocycles. The van der Waals surface area contributed by atoms with Crippen molar-refractivity contribution in [2.24, 2.45) is 0 Å². The van der Waals surface area contributed by atoms with E-state index in [0.29, 0.717) is 5.52 Å². The van der Waals surface area contributed by atoms with Crippen LogP contribution in [0.15, 0.2) is 21.4 Å². The molecule has 0 bridgehead atoms. The minimum Gasteiger partial charge on any atom is -0.387 e. The fourth-order valence-electron chi connectivity index (χ4n) is 1.39. The van der Waals surface area contributed by atoms with Gasteiger partial charge in [0.25, 0.3) is 5.56 Å². The summed E-state index contributed by atoms with van der Waals surface area (Å²) < 4.78 is 13.8. The number of nitrogens with one attached hydrogen (secondary N) is 1. The van der Waals surface area contributed by atoms with E-state index in [4.69, 9.17) is 0 Å². The van der Waals surface area contributed by atoms with Gasteiger partial charge in [-0.3, -0.25) is 4.79 Å². The van der Waals surface area contributed by atoms with Gasteiger partial charge < -0.3 is 10.1 Å². The molecule has 2 rings (SSSR count). The van der Waals surface area contributed by atoms with Crippen molar-refractivity contribution >= 4 is 27.0 Å². The number of hydrogen-bond acceptors (Lipinski definition) is 3. The van der Waals surface area contributed by atoms with E-state index in [-0.39, 0.29) is 15.7 Å². The Hall–Kier alpha value is -1.27. The van der Waals surface area contributed by atoms with E-state index in [0.717, 1.165) is 0 Å². The Morgan fingerprint density at radius 3 is 2.88 bits per heavy atom. The van der Waals surface area contributed by atoms with Gasteiger partial charge in [0.1, 0.15) is 11.2 Å². The molecule has 84 valence electrons. The Kier molecular flexibility index (Phi) is 2.77. The van der Waals surface area contributed by atoms with Crippen LogP contribution in [0.4, 0.5) is 4.39 Å². The SMILES string of the molecule is CC(O)c1nc2ccc(Br)c(F)c2[nH]c1=O. The monoisotopic (exact) mass is 286 g/mol. The van der Waals surface area contributed by atoms with E-state index in [1.54, 1.807) is 6.07 Å². The number of hydrogen-bond donors (Lipinski definition) is 2. The van der Waals surface area contributed by atoms with E-state index in [1.165, 1.54) is 13.0 Å². The lowest BCUT2D eigenvalue weighted by molar-refractivity contribution is 0.193. The molecule has 0 saturated heterocycles. The fourth-order valence-corrected chi connectivity index (χ4v) is 1.72. The predicted molar refractivity (Wildman–Crippen MR) is 60.7 cm³/mol. The van der Waals surface area contributed by atoms with Gasteiger partial charge >= 0.3 is 0 Å². The zero-order chi connectivity index (χ0) is 11.9. The van der Waals surface area contributed by atoms with Crippen LogP contribution in [0.2, 0.25) is 0 Å². The maximum absolute atomic E-state index is 13.6. The number of benzene rings is 1. The van der Waals surface area contributed by atoms with E-state index in [1.807, 2.05) is 0 Å². The number of H-pyrrole nitrogens is 1. The molecule has 0 radical (unpaired) electrons. The lowest BCUT2D eigenvalue weighted by Gasteiger charge is -2.05. The molecule has 1 atom stereocenters. The summed E-state index contributed by atoms with van der Waals surface area (Å²) in [4.78, 5) is 17.8. The number of aliphatic hydroxyl groups excluding tert-OH is 1. The van der Waals surface area contributed by atoms with E-state index >= 15 is 0 Å². The Morgan fingerprint density at radius 1 is 1.56 bits per heavy atom. The molecule has 0 fully saturated rings. The first-order valence-corrected chi connectivity index (χ1v) is 5.36. The molecular weight excluding hydrogens is 279 g/mol. The second kappa shape index (κ2) is 3.95. The first kappa shape index (κ1) is 11.2. The molecule has 4 nitrogen and oxygen atoms in total. The smallest absolute Gasteiger partial charge is 0.272 e. The average Bonchev–Trinajstić information content (AvgIpc) is 2.23. The number of aromatic amines is 1. The lowest BCUT2D eigenvalue weighted by Crippen LogP contribution is -2.17. The molecule has 16 heavy (non-hydrogen) atoms. The third-order valence-corrected chi connectivity index (χ3v) is 2.79. The van der Waals surface area contributed by atoms with Crippen molar-refractivity contribution in [3.8, 4) is 0 Å². The highest BCUT2D eigenvalue weighted by Crippen LogP contribution is 2.21. The van der Waals surface area contributed by atoms with Gasteiger partial charge in [-0.2, -0.15) is 0 Å². The average molecular weight is 287 g/mol. The Balaban J connectivity index is 2.84. The third-order valence-electron chi connectivity index (χ3n) is 2.18. The van der Waals surface area contributed by atoms with Gasteiger partial charge in [0.05, 0.1) is 16.1 Å². The van der Waals surface area contributed by atoms with Crippen LogP contribution >= 0.6 is 15.9 Å². The van der Waals surface area contributed by atoms with Crippen LogP contribution in [-0.2, 0) is 0 Å². The molecular formula is C10H8BrFN2O2. The highest BCUT2D eigenvalue weighted by Gasteiger charge is 2.13. The molecule has 0 aliphatic heterocycles. The number of aromatic nitrogens is 2. The van der Waals surface area contributed by atoms with Crippen molar-refractivity contribution in [3.05, 3.63) is 38.5 Å². The largest absolute Gasteiger partial charge is 0.387 e. The highest BCUT2D eigenvalue weighted by atomic mass is 79.9. The molecule has 0 aliphatic carbocycles. The van der Waals surface area contributed by atoms with E-state index in [2.05, 4.69) is 25.9 Å². The predicted octanol–water partition coefficient (Wildman–Crippen LogP) is 1.88. The Labute approximate surface area is 98.3 Å². The maximum atomic E-state index is 13.6. The van der Waals surface area contributed by atoms with Crippen LogP contribution in [0.3, 0.4) is 0 Å². The number of fused-ring (bicyclic) bond motifs is 1. The maximum Gasteiger partial charge on any atom is 0.272 e. The van der Waals surface area contributed by atoms with Crippen LogP contribution in [0.1, 0.15) is 18.7 Å². The second-order valence-corrected chi connectivity index (χ2v) is 4.24. The summed E-state index contributed by atoms with van der Waals surface area (Å²) in [5, 5.41) is 9.30. The van der Waals surface area contributed by atoms with Crippen molar-refractivity contribution in [1.29, 1.82) is 0 Å². The fraction of sp³-hybridized carbons (Fsp3) is 0.200. The summed E-state index contributed by atoms with van der Waals surface area (Å²) in [6, 6.07) is 3.05. The zero-order valence-corrected chi connectivity index (χ0v) is 9.88. The third kappa shape index (κ3) is 1.74. The first-order chi connectivity index (χ1) is 7.50. The quantitative estimate of drug-likeness (QED) is 0.841. The molecule has 2 N–H and O–H groups in total. The standard InChI is InChI=1S/C10H8BrFN2O2/c1-4(15)8-10(16)14-9-6(13-8)3-2-5(11)7(9)12/h2-4,15H,1H3,(H,14,16). The van der Waals surface area contributed by atoms with Crippen molar-refractivity contribution in [2.75, 3.05) is 0 Å². The molecule has 1 aromatic carbocycles. The summed E-state index contributed by atoms with van der Waals surface area (Å²) in [5.41, 5.74) is -0.270. The van der Waals surface area contributed by atoms with Crippen LogP contribution in [0.25, 0.3) is 11.0 Å². The molecule has 1 heterocycles. The van der Waals surface area contributed by atoms with Gasteiger partial charge in [-0.05, 0) is 35.0 Å². The summed E-state index contributed by atoms with van der Waals surface area (Å²) in [6.07, 6.45) is -0.986. The number of aliphatic hydroxyl groups is 1. The summed E-state index contributed by atoms with van der Waals surface area (Å²) in [6.45, 7) is 1.43. The summed E-state index contributed by atoms with van der Waals surface area (Å²) >= 11 is 3.01. The lowest BCUT2D eigenvalue weighted by atomic mass is 10.2. The molecule has 0 saturated carbocycles. The van der Waals surface area contributed by atoms with Crippen molar-refractivity contribution in [3.63, 3.8) is 0 Å². The van der Waals surface area contributed by atoms with Crippen LogP contribution in [-0.4, -0.2) is 15.1 Å². The van der Waals surface area contributed by atoms with Gasteiger partial charge in [-0.1, -0.05) is 0 Å². The van der Waals surface area contributed by atoms with Gasteiger partial charge in [0, 0.05) is 0 Å². The molecule has 0 aliphatic rings. The van der Waals surface area contributed by atoms with Crippen molar-refractivity contribution < 1.29 is 9.50 Å². The minimum absolute atomic E-state index is 0.0192. The second-order valence-electron chi connectivity index (χ2n) is 3.38. The van der Waals surface area contributed by atoms with E-state index < -0.39 is 17.5 Å². The summed E-state index contributed by atoms with van der Waals surface area (Å²) in [7, 11) is 0. The Morgan fingerprint density at radius 2 is 2.25 bits per heavy atom. The number of nitrogens with zero attached hydrogens (tertiary/aromatic N) is 1. The molecule has 0 amide bonds. The van der Waals surface area contributed by atoms with Crippen molar-refractivity contribution in [1.82, 2.24) is 9.97 Å². The molecule has 1 unspecified atom stereocenters. The number of rotatable bonds is 1. The van der Waals surface area contributed by atoms with Crippen LogP contribution < -0.4 is 5.56 Å². The normalized spacial score (nSPS) is 13.0. The topological polar surface area (TPSA) is 66.0 Å². The van der Waals surface area contributed by atoms with E-state index in [9.17, 15) is 14.3 Å². The molecule has 0 spiro atoms. The van der Waals surface area contributed by atoms with Crippen molar-refractivity contribution in [2.45, 2.75) is 13.0 Å². The first-order valence-electron chi connectivity index (χ1n) is 4.56. The van der Waals surface area contributed by atoms with Crippen LogP contribution in [0.5, 0.6) is 0 Å². The minimum atomic E-state index is -0.986. The number of halogens is 2. The van der Waals surface area contributed by atoms with Gasteiger partial charge in [0.2, 0.25) is 0 Å². The molecule has 6 heteroatoms. The summed E-state index contributed by atoms with van der Waals surface area (Å²) in [5.74, 6) is -0.570. The van der Waals surface area contributed by atoms with Gasteiger partial charge in [-0.15, -0.1) is 0 Å². The van der Waals surface area contributed by atoms with Gasteiger partial charge in [0.15, 0.2) is 5.82 Å².